The predicted molar refractivity (Wildman–Crippen MR) is 71.8 cm³/mol. The second kappa shape index (κ2) is 4.37. The van der Waals surface area contributed by atoms with Crippen molar-refractivity contribution in [3.8, 4) is 22.3 Å². The third-order valence-electron chi connectivity index (χ3n) is 2.88. The number of nitrogen functional groups attached to an aromatic ring is 1. The predicted octanol–water partition coefficient (Wildman–Crippen LogP) is 3.59. The van der Waals surface area contributed by atoms with Gasteiger partial charge in [-0.25, -0.2) is 0 Å². The first-order valence-corrected chi connectivity index (χ1v) is 5.70. The van der Waals surface area contributed by atoms with Gasteiger partial charge in [-0.1, -0.05) is 53.7 Å². The minimum absolute atomic E-state index is 0.347. The summed E-state index contributed by atoms with van der Waals surface area (Å²) in [6.07, 6.45) is 1.64. The lowest BCUT2D eigenvalue weighted by molar-refractivity contribution is 0.436. The monoisotopic (exact) mass is 236 g/mol. The van der Waals surface area contributed by atoms with Crippen LogP contribution in [0.5, 0.6) is 0 Å². The minimum atomic E-state index is 0.347. The van der Waals surface area contributed by atoms with E-state index in [-0.39, 0.29) is 0 Å². The van der Waals surface area contributed by atoms with E-state index in [1.165, 1.54) is 5.56 Å². The molecule has 0 aliphatic heterocycles. The Morgan fingerprint density at radius 2 is 1.56 bits per heavy atom. The van der Waals surface area contributed by atoms with Crippen molar-refractivity contribution in [3.05, 3.63) is 60.8 Å². The highest BCUT2D eigenvalue weighted by Crippen LogP contribution is 2.29. The van der Waals surface area contributed by atoms with Crippen molar-refractivity contribution >= 4 is 5.88 Å². The lowest BCUT2D eigenvalue weighted by atomic mass is 10.0. The Balaban J connectivity index is 2.08. The fraction of sp³-hybridized carbons (Fsp3) is 0. The quantitative estimate of drug-likeness (QED) is 0.739. The Kier molecular flexibility index (Phi) is 2.57. The molecule has 0 saturated carbocycles. The van der Waals surface area contributed by atoms with E-state index in [1.807, 2.05) is 30.3 Å². The van der Waals surface area contributed by atoms with Gasteiger partial charge in [-0.05, 0) is 22.8 Å². The number of benzene rings is 2. The highest BCUT2D eigenvalue weighted by molar-refractivity contribution is 5.77. The van der Waals surface area contributed by atoms with Crippen LogP contribution in [0.3, 0.4) is 0 Å². The van der Waals surface area contributed by atoms with Crippen molar-refractivity contribution in [1.29, 1.82) is 0 Å². The summed E-state index contributed by atoms with van der Waals surface area (Å²) in [6, 6.07) is 18.4. The number of rotatable bonds is 2. The van der Waals surface area contributed by atoms with Crippen molar-refractivity contribution in [1.82, 2.24) is 5.16 Å². The molecular weight excluding hydrogens is 224 g/mol. The normalized spacial score (nSPS) is 10.4. The summed E-state index contributed by atoms with van der Waals surface area (Å²) >= 11 is 0. The van der Waals surface area contributed by atoms with Crippen LogP contribution in [0.1, 0.15) is 0 Å². The summed E-state index contributed by atoms with van der Waals surface area (Å²) in [6.45, 7) is 0. The summed E-state index contributed by atoms with van der Waals surface area (Å²) in [5, 5.41) is 3.70. The number of anilines is 1. The molecule has 18 heavy (non-hydrogen) atoms. The Hall–Kier alpha value is -2.55. The Morgan fingerprint density at radius 1 is 0.833 bits per heavy atom. The first kappa shape index (κ1) is 10.6. The van der Waals surface area contributed by atoms with E-state index in [9.17, 15) is 0 Å². The first-order chi connectivity index (χ1) is 8.84. The average molecular weight is 236 g/mol. The molecule has 0 fully saturated rings. The Labute approximate surface area is 105 Å². The highest BCUT2D eigenvalue weighted by Gasteiger charge is 2.07. The van der Waals surface area contributed by atoms with Gasteiger partial charge in [0.15, 0.2) is 0 Å². The number of hydrogen-bond acceptors (Lipinski definition) is 3. The lowest BCUT2D eigenvalue weighted by Gasteiger charge is -2.04. The highest BCUT2D eigenvalue weighted by atomic mass is 16.5. The minimum Gasteiger partial charge on any atom is -0.367 e. The Bertz CT molecular complexity index is 659. The lowest BCUT2D eigenvalue weighted by Crippen LogP contribution is -1.85. The van der Waals surface area contributed by atoms with Gasteiger partial charge in [0.1, 0.15) is 0 Å². The molecule has 1 heterocycles. The molecule has 0 radical (unpaired) electrons. The first-order valence-electron chi connectivity index (χ1n) is 5.70. The van der Waals surface area contributed by atoms with Gasteiger partial charge in [0, 0.05) is 0 Å². The molecule has 0 spiro atoms. The molecule has 3 heteroatoms. The van der Waals surface area contributed by atoms with Crippen molar-refractivity contribution in [2.24, 2.45) is 0 Å². The zero-order chi connectivity index (χ0) is 12.4. The maximum atomic E-state index is 5.73. The van der Waals surface area contributed by atoms with Crippen LogP contribution in [0.2, 0.25) is 0 Å². The van der Waals surface area contributed by atoms with Crippen LogP contribution in [-0.4, -0.2) is 5.16 Å². The van der Waals surface area contributed by atoms with Crippen LogP contribution in [0, 0.1) is 0 Å². The van der Waals surface area contributed by atoms with Crippen molar-refractivity contribution < 1.29 is 4.52 Å². The van der Waals surface area contributed by atoms with Gasteiger partial charge >= 0.3 is 0 Å². The molecule has 1 aromatic heterocycles. The number of nitrogens with two attached hydrogens (primary N) is 1. The zero-order valence-corrected chi connectivity index (χ0v) is 9.71. The largest absolute Gasteiger partial charge is 0.367 e. The molecule has 0 bridgehead atoms. The van der Waals surface area contributed by atoms with Crippen LogP contribution >= 0.6 is 0 Å². The number of aromatic nitrogens is 1. The third kappa shape index (κ3) is 1.86. The van der Waals surface area contributed by atoms with E-state index in [4.69, 9.17) is 10.3 Å². The van der Waals surface area contributed by atoms with Gasteiger partial charge in [0.2, 0.25) is 5.88 Å². The molecule has 0 atom stereocenters. The fourth-order valence-electron chi connectivity index (χ4n) is 1.96. The molecule has 0 aliphatic carbocycles. The molecular formula is C15H12N2O. The molecule has 3 aromatic rings. The Morgan fingerprint density at radius 3 is 2.28 bits per heavy atom. The summed E-state index contributed by atoms with van der Waals surface area (Å²) < 4.78 is 4.89. The van der Waals surface area contributed by atoms with E-state index >= 15 is 0 Å². The fourth-order valence-corrected chi connectivity index (χ4v) is 1.96. The number of nitrogens with zero attached hydrogens (tertiary/aromatic N) is 1. The van der Waals surface area contributed by atoms with E-state index < -0.39 is 0 Å². The van der Waals surface area contributed by atoms with Crippen LogP contribution in [0.15, 0.2) is 65.3 Å². The molecule has 0 amide bonds. The smallest absolute Gasteiger partial charge is 0.229 e. The second-order valence-corrected chi connectivity index (χ2v) is 4.05. The van der Waals surface area contributed by atoms with Crippen molar-refractivity contribution in [2.45, 2.75) is 0 Å². The molecule has 3 rings (SSSR count). The number of hydrogen-bond donors (Lipinski definition) is 1. The van der Waals surface area contributed by atoms with Gasteiger partial charge in [-0.2, -0.15) is 0 Å². The van der Waals surface area contributed by atoms with Crippen LogP contribution < -0.4 is 5.73 Å². The summed E-state index contributed by atoms with van der Waals surface area (Å²) in [5.41, 5.74) is 9.89. The second-order valence-electron chi connectivity index (χ2n) is 4.05. The van der Waals surface area contributed by atoms with Crippen LogP contribution in [0.4, 0.5) is 5.88 Å². The topological polar surface area (TPSA) is 52.0 Å². The van der Waals surface area contributed by atoms with E-state index in [0.717, 1.165) is 16.7 Å². The maximum Gasteiger partial charge on any atom is 0.229 e. The summed E-state index contributed by atoms with van der Waals surface area (Å²) in [7, 11) is 0. The van der Waals surface area contributed by atoms with Gasteiger partial charge < -0.3 is 10.3 Å². The molecule has 2 N–H and O–H groups in total. The third-order valence-corrected chi connectivity index (χ3v) is 2.88. The maximum absolute atomic E-state index is 5.73. The average Bonchev–Trinajstić information content (AvgIpc) is 2.86. The van der Waals surface area contributed by atoms with Crippen LogP contribution in [0.25, 0.3) is 22.3 Å². The van der Waals surface area contributed by atoms with E-state index in [0.29, 0.717) is 5.88 Å². The summed E-state index contributed by atoms with van der Waals surface area (Å²) in [5.74, 6) is 0.347. The SMILES string of the molecule is Nc1oncc1-c1cccc(-c2ccccc2)c1. The molecule has 88 valence electrons. The van der Waals surface area contributed by atoms with Gasteiger partial charge in [0.05, 0.1) is 11.8 Å². The molecule has 0 unspecified atom stereocenters. The molecule has 3 nitrogen and oxygen atoms in total. The summed E-state index contributed by atoms with van der Waals surface area (Å²) in [4.78, 5) is 0. The standard InChI is InChI=1S/C15H12N2O/c16-15-14(10-17-18-15)13-8-4-7-12(9-13)11-5-2-1-3-6-11/h1-10H,16H2. The molecule has 0 aliphatic rings. The zero-order valence-electron chi connectivity index (χ0n) is 9.71. The van der Waals surface area contributed by atoms with Gasteiger partial charge in [-0.15, -0.1) is 0 Å². The molecule has 2 aromatic carbocycles. The van der Waals surface area contributed by atoms with Gasteiger partial charge in [-0.3, -0.25) is 0 Å². The van der Waals surface area contributed by atoms with Crippen molar-refractivity contribution in [2.75, 3.05) is 5.73 Å². The van der Waals surface area contributed by atoms with Crippen LogP contribution in [-0.2, 0) is 0 Å². The van der Waals surface area contributed by atoms with E-state index in [1.54, 1.807) is 6.20 Å². The van der Waals surface area contributed by atoms with E-state index in [2.05, 4.69) is 29.4 Å². The van der Waals surface area contributed by atoms with Crippen molar-refractivity contribution in [3.63, 3.8) is 0 Å². The molecule has 0 saturated heterocycles. The van der Waals surface area contributed by atoms with Gasteiger partial charge in [0.25, 0.3) is 0 Å².